The first-order chi connectivity index (χ1) is 6.59. The number of carboxylic acid groups (broad SMARTS) is 1. The average Bonchev–Trinajstić information content (AvgIpc) is 2.15. The number of aromatic carboxylic acids is 1. The second kappa shape index (κ2) is 4.31. The maximum Gasteiger partial charge on any atom is 0.356 e. The van der Waals surface area contributed by atoms with Crippen LogP contribution in [-0.4, -0.2) is 27.0 Å². The molecule has 0 aliphatic rings. The maximum absolute atomic E-state index is 10.5. The molecule has 6 heteroatoms. The van der Waals surface area contributed by atoms with E-state index in [0.29, 0.717) is 5.69 Å². The van der Waals surface area contributed by atoms with Crippen molar-refractivity contribution in [2.45, 2.75) is 13.5 Å². The number of hydrogen-bond donors (Lipinski definition) is 2. The molecule has 0 aromatic carbocycles. The summed E-state index contributed by atoms with van der Waals surface area (Å²) in [5.41, 5.74) is 0.404. The third-order valence-corrected chi connectivity index (χ3v) is 1.44. The summed E-state index contributed by atoms with van der Waals surface area (Å²) in [6.45, 7) is 1.64. The zero-order valence-corrected chi connectivity index (χ0v) is 7.52. The van der Waals surface area contributed by atoms with Crippen LogP contribution in [0.25, 0.3) is 0 Å². The van der Waals surface area contributed by atoms with Crippen molar-refractivity contribution in [3.63, 3.8) is 0 Å². The van der Waals surface area contributed by atoms with Crippen molar-refractivity contribution in [1.29, 1.82) is 0 Å². The molecule has 1 aromatic heterocycles. The van der Waals surface area contributed by atoms with Gasteiger partial charge in [0.15, 0.2) is 5.69 Å². The molecule has 0 saturated heterocycles. The highest BCUT2D eigenvalue weighted by Crippen LogP contribution is 1.94. The minimum atomic E-state index is -1.12. The Kier molecular flexibility index (Phi) is 3.11. The molecule has 0 aliphatic carbocycles. The summed E-state index contributed by atoms with van der Waals surface area (Å²) in [4.78, 5) is 28.4. The Bertz CT molecular complexity index is 347. The molecule has 0 radical (unpaired) electrons. The number of nitrogens with one attached hydrogen (secondary N) is 1. The van der Waals surface area contributed by atoms with Gasteiger partial charge in [-0.3, -0.25) is 9.78 Å². The molecular formula is C8H9N3O3. The molecule has 0 unspecified atom stereocenters. The molecule has 0 spiro atoms. The second-order valence-corrected chi connectivity index (χ2v) is 2.61. The van der Waals surface area contributed by atoms with Crippen LogP contribution in [0.4, 0.5) is 0 Å². The zero-order chi connectivity index (χ0) is 10.6. The van der Waals surface area contributed by atoms with Crippen LogP contribution < -0.4 is 5.32 Å². The lowest BCUT2D eigenvalue weighted by Gasteiger charge is -2.00. The summed E-state index contributed by atoms with van der Waals surface area (Å²) in [7, 11) is 0. The number of nitrogens with zero attached hydrogens (tertiary/aromatic N) is 2. The number of amides is 1. The van der Waals surface area contributed by atoms with E-state index in [0.717, 1.165) is 6.20 Å². The van der Waals surface area contributed by atoms with Crippen LogP contribution in [0.15, 0.2) is 12.4 Å². The van der Waals surface area contributed by atoms with Gasteiger partial charge in [0, 0.05) is 6.92 Å². The van der Waals surface area contributed by atoms with E-state index in [9.17, 15) is 9.59 Å². The van der Waals surface area contributed by atoms with E-state index < -0.39 is 5.97 Å². The van der Waals surface area contributed by atoms with Gasteiger partial charge >= 0.3 is 5.97 Å². The lowest BCUT2D eigenvalue weighted by molar-refractivity contribution is -0.119. The van der Waals surface area contributed by atoms with E-state index in [1.807, 2.05) is 0 Å². The number of carbonyl (C=O) groups excluding carboxylic acids is 1. The van der Waals surface area contributed by atoms with Gasteiger partial charge in [-0.2, -0.15) is 0 Å². The molecule has 2 N–H and O–H groups in total. The Morgan fingerprint density at radius 2 is 2.14 bits per heavy atom. The predicted octanol–water partition coefficient (Wildman–Crippen LogP) is -0.189. The van der Waals surface area contributed by atoms with E-state index >= 15 is 0 Å². The van der Waals surface area contributed by atoms with Gasteiger partial charge in [-0.1, -0.05) is 0 Å². The highest BCUT2D eigenvalue weighted by molar-refractivity contribution is 5.84. The lowest BCUT2D eigenvalue weighted by Crippen LogP contribution is -2.20. The van der Waals surface area contributed by atoms with Crippen molar-refractivity contribution in [2.75, 3.05) is 0 Å². The highest BCUT2D eigenvalue weighted by atomic mass is 16.4. The van der Waals surface area contributed by atoms with Crippen molar-refractivity contribution in [2.24, 2.45) is 0 Å². The van der Waals surface area contributed by atoms with E-state index in [1.165, 1.54) is 13.1 Å². The van der Waals surface area contributed by atoms with Gasteiger partial charge in [0.05, 0.1) is 24.6 Å². The second-order valence-electron chi connectivity index (χ2n) is 2.61. The van der Waals surface area contributed by atoms with Crippen LogP contribution in [0.1, 0.15) is 23.1 Å². The number of carboxylic acids is 1. The Labute approximate surface area is 80.0 Å². The van der Waals surface area contributed by atoms with Gasteiger partial charge in [-0.05, 0) is 0 Å². The fourth-order valence-electron chi connectivity index (χ4n) is 0.772. The quantitative estimate of drug-likeness (QED) is 0.697. The first-order valence-electron chi connectivity index (χ1n) is 3.88. The Hall–Kier alpha value is -1.98. The fraction of sp³-hybridized carbons (Fsp3) is 0.250. The fourth-order valence-corrected chi connectivity index (χ4v) is 0.772. The van der Waals surface area contributed by atoms with Crippen LogP contribution >= 0.6 is 0 Å². The van der Waals surface area contributed by atoms with Crippen LogP contribution in [0.5, 0.6) is 0 Å². The van der Waals surface area contributed by atoms with Gasteiger partial charge in [0.2, 0.25) is 5.91 Å². The van der Waals surface area contributed by atoms with Crippen molar-refractivity contribution >= 4 is 11.9 Å². The number of rotatable bonds is 3. The SMILES string of the molecule is CC(=O)NCc1cnc(C(=O)O)cn1. The minimum Gasteiger partial charge on any atom is -0.476 e. The van der Waals surface area contributed by atoms with Crippen LogP contribution in [-0.2, 0) is 11.3 Å². The molecule has 74 valence electrons. The molecule has 0 bridgehead atoms. The Balaban J connectivity index is 2.64. The monoisotopic (exact) mass is 195 g/mol. The summed E-state index contributed by atoms with van der Waals surface area (Å²) in [6.07, 6.45) is 2.47. The molecular weight excluding hydrogens is 186 g/mol. The summed E-state index contributed by atoms with van der Waals surface area (Å²) in [6, 6.07) is 0. The van der Waals surface area contributed by atoms with Crippen molar-refractivity contribution < 1.29 is 14.7 Å². The summed E-state index contributed by atoms with van der Waals surface area (Å²) < 4.78 is 0. The molecule has 1 heterocycles. The highest BCUT2D eigenvalue weighted by Gasteiger charge is 2.04. The lowest BCUT2D eigenvalue weighted by atomic mass is 10.4. The van der Waals surface area contributed by atoms with Crippen molar-refractivity contribution in [3.05, 3.63) is 23.8 Å². The Morgan fingerprint density at radius 1 is 1.43 bits per heavy atom. The average molecular weight is 195 g/mol. The minimum absolute atomic E-state index is 0.114. The number of aromatic nitrogens is 2. The molecule has 0 aliphatic heterocycles. The van der Waals surface area contributed by atoms with Crippen molar-refractivity contribution in [1.82, 2.24) is 15.3 Å². The van der Waals surface area contributed by atoms with Crippen molar-refractivity contribution in [3.8, 4) is 0 Å². The standard InChI is InChI=1S/C8H9N3O3/c1-5(12)9-2-6-3-11-7(4-10-6)8(13)14/h3-4H,2H2,1H3,(H,9,12)(H,13,14). The van der Waals surface area contributed by atoms with E-state index in [-0.39, 0.29) is 18.1 Å². The third kappa shape index (κ3) is 2.81. The van der Waals surface area contributed by atoms with E-state index in [1.54, 1.807) is 0 Å². The summed E-state index contributed by atoms with van der Waals surface area (Å²) in [5, 5.41) is 11.0. The molecule has 1 rings (SSSR count). The van der Waals surface area contributed by atoms with Gasteiger partial charge in [-0.15, -0.1) is 0 Å². The normalized spacial score (nSPS) is 9.50. The van der Waals surface area contributed by atoms with Gasteiger partial charge in [-0.25, -0.2) is 9.78 Å². The summed E-state index contributed by atoms with van der Waals surface area (Å²) in [5.74, 6) is -1.29. The molecule has 0 fully saturated rings. The van der Waals surface area contributed by atoms with Gasteiger partial charge < -0.3 is 10.4 Å². The molecule has 0 saturated carbocycles. The topological polar surface area (TPSA) is 92.2 Å². The molecule has 14 heavy (non-hydrogen) atoms. The third-order valence-electron chi connectivity index (χ3n) is 1.44. The number of carbonyl (C=O) groups is 2. The molecule has 1 aromatic rings. The van der Waals surface area contributed by atoms with E-state index in [4.69, 9.17) is 5.11 Å². The maximum atomic E-state index is 10.5. The van der Waals surface area contributed by atoms with Crippen LogP contribution in [0.2, 0.25) is 0 Å². The smallest absolute Gasteiger partial charge is 0.356 e. The van der Waals surface area contributed by atoms with E-state index in [2.05, 4.69) is 15.3 Å². The van der Waals surface area contributed by atoms with Gasteiger partial charge in [0.1, 0.15) is 0 Å². The molecule has 1 amide bonds. The molecule has 0 atom stereocenters. The van der Waals surface area contributed by atoms with Crippen LogP contribution in [0.3, 0.4) is 0 Å². The van der Waals surface area contributed by atoms with Crippen LogP contribution in [0, 0.1) is 0 Å². The zero-order valence-electron chi connectivity index (χ0n) is 7.52. The first kappa shape index (κ1) is 10.1. The van der Waals surface area contributed by atoms with Gasteiger partial charge in [0.25, 0.3) is 0 Å². The first-order valence-corrected chi connectivity index (χ1v) is 3.88. The summed E-state index contributed by atoms with van der Waals surface area (Å²) >= 11 is 0. The number of hydrogen-bond acceptors (Lipinski definition) is 4. The predicted molar refractivity (Wildman–Crippen MR) is 46.5 cm³/mol. The largest absolute Gasteiger partial charge is 0.476 e. The Morgan fingerprint density at radius 3 is 2.57 bits per heavy atom. The molecule has 6 nitrogen and oxygen atoms in total.